The number of sulfone groups is 1. The third-order valence-corrected chi connectivity index (χ3v) is 6.28. The van der Waals surface area contributed by atoms with E-state index in [1.165, 1.54) is 5.56 Å². The van der Waals surface area contributed by atoms with Crippen LogP contribution in [0.2, 0.25) is 0 Å². The van der Waals surface area contributed by atoms with Crippen molar-refractivity contribution in [2.45, 2.75) is 32.2 Å². The van der Waals surface area contributed by atoms with Crippen LogP contribution in [0.4, 0.5) is 5.69 Å². The van der Waals surface area contributed by atoms with Crippen molar-refractivity contribution in [3.63, 3.8) is 0 Å². The molecule has 1 aromatic carbocycles. The molecule has 0 bridgehead atoms. The molecule has 1 heterocycles. The topological polar surface area (TPSA) is 63.4 Å². The Labute approximate surface area is 135 Å². The van der Waals surface area contributed by atoms with Gasteiger partial charge in [-0.1, -0.05) is 13.0 Å². The van der Waals surface area contributed by atoms with E-state index < -0.39 is 9.84 Å². The highest BCUT2D eigenvalue weighted by atomic mass is 79.9. The molecule has 0 aliphatic carbocycles. The van der Waals surface area contributed by atoms with Crippen LogP contribution in [-0.4, -0.2) is 39.1 Å². The minimum Gasteiger partial charge on any atom is -0.370 e. The molecule has 118 valence electrons. The first-order valence-corrected chi connectivity index (χ1v) is 10.0. The lowest BCUT2D eigenvalue weighted by Gasteiger charge is -2.24. The second kappa shape index (κ2) is 7.11. The Balaban J connectivity index is 2.13. The maximum absolute atomic E-state index is 11.7. The lowest BCUT2D eigenvalue weighted by atomic mass is 10.0. The second-order valence-electron chi connectivity index (χ2n) is 5.65. The normalized spacial score (nSPS) is 20.0. The van der Waals surface area contributed by atoms with Crippen LogP contribution in [-0.2, 0) is 16.3 Å². The number of nitrogens with zero attached hydrogens (tertiary/aromatic N) is 1. The summed E-state index contributed by atoms with van der Waals surface area (Å²) in [4.78, 5) is 2.15. The lowest BCUT2D eigenvalue weighted by Crippen LogP contribution is -2.27. The highest BCUT2D eigenvalue weighted by Gasteiger charge is 2.20. The number of anilines is 1. The summed E-state index contributed by atoms with van der Waals surface area (Å²) in [5, 5.41) is 0. The molecule has 0 saturated carbocycles. The Bertz CT molecular complexity index is 589. The predicted molar refractivity (Wildman–Crippen MR) is 91.6 cm³/mol. The predicted octanol–water partition coefficient (Wildman–Crippen LogP) is 2.35. The lowest BCUT2D eigenvalue weighted by molar-refractivity contribution is 0.597. The molecule has 6 heteroatoms. The molecule has 1 saturated heterocycles. The Morgan fingerprint density at radius 3 is 2.76 bits per heavy atom. The van der Waals surface area contributed by atoms with Crippen molar-refractivity contribution in [2.75, 3.05) is 29.5 Å². The average Bonchev–Trinajstić information content (AvgIpc) is 2.60. The van der Waals surface area contributed by atoms with Crippen molar-refractivity contribution in [3.05, 3.63) is 28.2 Å². The van der Waals surface area contributed by atoms with Gasteiger partial charge in [0.1, 0.15) is 0 Å². The van der Waals surface area contributed by atoms with Gasteiger partial charge in [-0.25, -0.2) is 8.42 Å². The number of hydrogen-bond acceptors (Lipinski definition) is 4. The molecule has 4 nitrogen and oxygen atoms in total. The van der Waals surface area contributed by atoms with E-state index in [2.05, 4.69) is 46.0 Å². The fourth-order valence-corrected chi connectivity index (χ4v) is 4.51. The van der Waals surface area contributed by atoms with Crippen molar-refractivity contribution in [1.82, 2.24) is 0 Å². The van der Waals surface area contributed by atoms with Gasteiger partial charge in [-0.2, -0.15) is 0 Å². The summed E-state index contributed by atoms with van der Waals surface area (Å²) in [5.41, 5.74) is 8.27. The molecular formula is C15H23BrN2O2S. The van der Waals surface area contributed by atoms with Gasteiger partial charge in [0.15, 0.2) is 9.84 Å². The molecule has 1 fully saturated rings. The number of hydrogen-bond donors (Lipinski definition) is 1. The summed E-state index contributed by atoms with van der Waals surface area (Å²) in [6.07, 6.45) is 2.52. The smallest absolute Gasteiger partial charge is 0.152 e. The molecule has 1 aliphatic rings. The first kappa shape index (κ1) is 16.8. The summed E-state index contributed by atoms with van der Waals surface area (Å²) < 4.78 is 24.4. The molecule has 1 unspecified atom stereocenters. The zero-order valence-electron chi connectivity index (χ0n) is 12.4. The molecular weight excluding hydrogens is 352 g/mol. The summed E-state index contributed by atoms with van der Waals surface area (Å²) >= 11 is 3.62. The molecule has 0 radical (unpaired) electrons. The van der Waals surface area contributed by atoms with Crippen LogP contribution in [0.25, 0.3) is 0 Å². The van der Waals surface area contributed by atoms with Crippen molar-refractivity contribution in [1.29, 1.82) is 0 Å². The molecule has 0 aromatic heterocycles. The number of rotatable bonds is 4. The fraction of sp³-hybridized carbons (Fsp3) is 0.600. The molecule has 2 N–H and O–H groups in total. The van der Waals surface area contributed by atoms with Crippen LogP contribution in [0.3, 0.4) is 0 Å². The Morgan fingerprint density at radius 1 is 1.33 bits per heavy atom. The maximum Gasteiger partial charge on any atom is 0.152 e. The van der Waals surface area contributed by atoms with Gasteiger partial charge in [0.05, 0.1) is 17.2 Å². The largest absolute Gasteiger partial charge is 0.370 e. The van der Waals surface area contributed by atoms with Gasteiger partial charge in [-0.15, -0.1) is 0 Å². The molecule has 2 rings (SSSR count). The number of nitrogens with two attached hydrogens (primary N) is 1. The minimum atomic E-state index is -2.87. The summed E-state index contributed by atoms with van der Waals surface area (Å²) in [6.45, 7) is 3.44. The first-order chi connectivity index (χ1) is 9.91. The van der Waals surface area contributed by atoms with Crippen LogP contribution in [0.1, 0.15) is 25.3 Å². The highest BCUT2D eigenvalue weighted by Crippen LogP contribution is 2.29. The molecule has 21 heavy (non-hydrogen) atoms. The van der Waals surface area contributed by atoms with E-state index in [4.69, 9.17) is 5.73 Å². The zero-order valence-corrected chi connectivity index (χ0v) is 14.8. The Hall–Kier alpha value is -0.590. The minimum absolute atomic E-state index is 0.186. The van der Waals surface area contributed by atoms with E-state index in [1.54, 1.807) is 0 Å². The molecule has 1 aliphatic heterocycles. The monoisotopic (exact) mass is 374 g/mol. The van der Waals surface area contributed by atoms with Gasteiger partial charge in [-0.3, -0.25) is 0 Å². The van der Waals surface area contributed by atoms with E-state index in [1.807, 2.05) is 0 Å². The van der Waals surface area contributed by atoms with Gasteiger partial charge in [-0.05, 0) is 52.9 Å². The van der Waals surface area contributed by atoms with Crippen molar-refractivity contribution >= 4 is 31.5 Å². The van der Waals surface area contributed by atoms with E-state index in [0.717, 1.165) is 29.5 Å². The van der Waals surface area contributed by atoms with Gasteiger partial charge < -0.3 is 10.6 Å². The van der Waals surface area contributed by atoms with Crippen LogP contribution in [0.15, 0.2) is 22.7 Å². The van der Waals surface area contributed by atoms with Crippen molar-refractivity contribution in [3.8, 4) is 0 Å². The van der Waals surface area contributed by atoms with Gasteiger partial charge >= 0.3 is 0 Å². The van der Waals surface area contributed by atoms with E-state index in [0.29, 0.717) is 18.7 Å². The quantitative estimate of drug-likeness (QED) is 0.878. The summed E-state index contributed by atoms with van der Waals surface area (Å²) in [7, 11) is -2.87. The average molecular weight is 375 g/mol. The van der Waals surface area contributed by atoms with Gasteiger partial charge in [0.25, 0.3) is 0 Å². The highest BCUT2D eigenvalue weighted by molar-refractivity contribution is 9.10. The van der Waals surface area contributed by atoms with Crippen molar-refractivity contribution in [2.24, 2.45) is 5.73 Å². The van der Waals surface area contributed by atoms with E-state index in [9.17, 15) is 8.42 Å². The van der Waals surface area contributed by atoms with Crippen LogP contribution >= 0.6 is 15.9 Å². The first-order valence-electron chi connectivity index (χ1n) is 7.40. The zero-order chi connectivity index (χ0) is 15.5. The number of halogens is 1. The van der Waals surface area contributed by atoms with Crippen LogP contribution < -0.4 is 10.6 Å². The van der Waals surface area contributed by atoms with Crippen molar-refractivity contribution < 1.29 is 8.42 Å². The SMILES string of the molecule is CCC(N)Cc1ccc(N2CCCS(=O)(=O)CC2)c(Br)c1. The number of benzene rings is 1. The molecule has 0 amide bonds. The summed E-state index contributed by atoms with van der Waals surface area (Å²) in [5.74, 6) is 0.534. The van der Waals surface area contributed by atoms with E-state index in [-0.39, 0.29) is 11.8 Å². The summed E-state index contributed by atoms with van der Waals surface area (Å²) in [6, 6.07) is 6.45. The van der Waals surface area contributed by atoms with E-state index >= 15 is 0 Å². The fourth-order valence-electron chi connectivity index (χ4n) is 2.56. The van der Waals surface area contributed by atoms with Crippen LogP contribution in [0, 0.1) is 0 Å². The third-order valence-electron chi connectivity index (χ3n) is 3.93. The van der Waals surface area contributed by atoms with Crippen LogP contribution in [0.5, 0.6) is 0 Å². The molecule has 1 atom stereocenters. The standard InChI is InChI=1S/C15H23BrN2O2S/c1-2-13(17)10-12-4-5-15(14(16)11-12)18-6-3-8-21(19,20)9-7-18/h4-5,11,13H,2-3,6-10,17H2,1H3. The maximum atomic E-state index is 11.7. The Kier molecular flexibility index (Phi) is 5.68. The third kappa shape index (κ3) is 4.69. The Morgan fingerprint density at radius 2 is 2.10 bits per heavy atom. The van der Waals surface area contributed by atoms with Gasteiger partial charge in [0, 0.05) is 23.6 Å². The molecule has 0 spiro atoms. The van der Waals surface area contributed by atoms with Gasteiger partial charge in [0.2, 0.25) is 0 Å². The second-order valence-corrected chi connectivity index (χ2v) is 8.81. The molecule has 1 aromatic rings.